The van der Waals surface area contributed by atoms with Crippen molar-refractivity contribution >= 4 is 37.7 Å². The fraction of sp³-hybridized carbons (Fsp3) is 0.595. The van der Waals surface area contributed by atoms with E-state index < -0.39 is 55.8 Å². The molecule has 302 valence electrons. The molecule has 5 N–H and O–H groups in total. The lowest BCUT2D eigenvalue weighted by molar-refractivity contribution is -0.135. The van der Waals surface area contributed by atoms with Crippen LogP contribution in [-0.4, -0.2) is 103 Å². The van der Waals surface area contributed by atoms with Crippen LogP contribution in [0.1, 0.15) is 71.4 Å². The van der Waals surface area contributed by atoms with Gasteiger partial charge in [-0.1, -0.05) is 88.4 Å². The summed E-state index contributed by atoms with van der Waals surface area (Å²) in [7, 11) is -2.21. The van der Waals surface area contributed by atoms with Gasteiger partial charge in [-0.25, -0.2) is 0 Å². The van der Waals surface area contributed by atoms with E-state index in [0.717, 1.165) is 11.1 Å². The number of aryl methyl sites for hydroxylation is 1. The molecule has 0 unspecified atom stereocenters. The molecule has 13 heteroatoms. The topological polar surface area (TPSA) is 169 Å². The first-order valence-corrected chi connectivity index (χ1v) is 22.8. The Hall–Kier alpha value is -3.91. The number of Topliss-reactive ketones (excluding diaryl/α,β-unsaturated/α-hetero) is 1. The normalized spacial score (nSPS) is 20.2. The van der Waals surface area contributed by atoms with Gasteiger partial charge in [0.15, 0.2) is 14.1 Å². The number of carbonyl (C=O) groups excluding carboxylic acids is 5. The summed E-state index contributed by atoms with van der Waals surface area (Å²) in [4.78, 5) is 81.5. The highest BCUT2D eigenvalue weighted by molar-refractivity contribution is 6.71. The lowest BCUT2D eigenvalue weighted by atomic mass is 9.93. The van der Waals surface area contributed by atoms with Gasteiger partial charge in [-0.2, -0.15) is 0 Å². The standard InChI is InChI=1S/C42H63N5O7Si/c1-29(2)17-19-33(38(49)42(5)28-54-42)44-41(52)36(26-32-15-11-8-12-16-32)46-40(51)35(25-30(3)4)45-39(50)34(20-18-31-13-9-7-10-14-31)43-37(48)27-47-21-23-55(6,53)24-22-47/h7-16,29-30,33-36,53H,17-28H2,1-6H3,(H,43,48)(H,44,52)(H,45,50)(H,46,51)/t33-,34-,35-,36-,42+/m0/s1. The molecule has 2 aliphatic heterocycles. The lowest BCUT2D eigenvalue weighted by Crippen LogP contribution is -2.59. The van der Waals surface area contributed by atoms with E-state index in [1.54, 1.807) is 6.92 Å². The van der Waals surface area contributed by atoms with E-state index >= 15 is 0 Å². The van der Waals surface area contributed by atoms with Gasteiger partial charge >= 0.3 is 0 Å². The molecule has 2 aromatic rings. The average molecular weight is 778 g/mol. The highest BCUT2D eigenvalue weighted by atomic mass is 28.4. The number of benzene rings is 2. The molecule has 2 aromatic carbocycles. The Labute approximate surface area is 328 Å². The van der Waals surface area contributed by atoms with Crippen LogP contribution in [0, 0.1) is 11.8 Å². The Kier molecular flexibility index (Phi) is 16.2. The summed E-state index contributed by atoms with van der Waals surface area (Å²) >= 11 is 0. The first kappa shape index (κ1) is 43.8. The number of epoxide rings is 1. The largest absolute Gasteiger partial charge is 0.432 e. The third-order valence-corrected chi connectivity index (χ3v) is 13.1. The predicted octanol–water partition coefficient (Wildman–Crippen LogP) is 3.52. The summed E-state index contributed by atoms with van der Waals surface area (Å²) < 4.78 is 5.44. The van der Waals surface area contributed by atoms with Crippen LogP contribution in [0.15, 0.2) is 60.7 Å². The van der Waals surface area contributed by atoms with E-state index in [4.69, 9.17) is 4.74 Å². The number of carbonyl (C=O) groups is 5. The molecule has 0 spiro atoms. The number of nitrogens with zero attached hydrogens (tertiary/aromatic N) is 1. The second-order valence-electron chi connectivity index (χ2n) is 16.8. The van der Waals surface area contributed by atoms with Crippen LogP contribution >= 0.6 is 0 Å². The fourth-order valence-corrected chi connectivity index (χ4v) is 8.67. The number of hydrogen-bond acceptors (Lipinski definition) is 8. The summed E-state index contributed by atoms with van der Waals surface area (Å²) in [5, 5.41) is 11.7. The quantitative estimate of drug-likeness (QED) is 0.0948. The van der Waals surface area contributed by atoms with Crippen molar-refractivity contribution in [3.05, 3.63) is 71.8 Å². The number of ether oxygens (including phenoxy) is 1. The zero-order valence-electron chi connectivity index (χ0n) is 33.6. The maximum absolute atomic E-state index is 14.2. The lowest BCUT2D eigenvalue weighted by Gasteiger charge is -2.34. The molecule has 55 heavy (non-hydrogen) atoms. The van der Waals surface area contributed by atoms with Crippen LogP contribution in [0.3, 0.4) is 0 Å². The van der Waals surface area contributed by atoms with E-state index in [1.165, 1.54) is 0 Å². The van der Waals surface area contributed by atoms with Gasteiger partial charge < -0.3 is 30.8 Å². The minimum absolute atomic E-state index is 0.00647. The van der Waals surface area contributed by atoms with Crippen LogP contribution in [0.2, 0.25) is 18.6 Å². The average Bonchev–Trinajstić information content (AvgIpc) is 3.90. The van der Waals surface area contributed by atoms with E-state index in [-0.39, 0.29) is 30.6 Å². The van der Waals surface area contributed by atoms with E-state index in [1.807, 2.05) is 86.0 Å². The minimum atomic E-state index is -2.21. The van der Waals surface area contributed by atoms with Gasteiger partial charge in [-0.05, 0) is 93.7 Å². The molecular weight excluding hydrogens is 715 g/mol. The Morgan fingerprint density at radius 1 is 0.727 bits per heavy atom. The Morgan fingerprint density at radius 2 is 1.25 bits per heavy atom. The van der Waals surface area contributed by atoms with Crippen molar-refractivity contribution < 1.29 is 33.5 Å². The maximum atomic E-state index is 14.2. The van der Waals surface area contributed by atoms with Gasteiger partial charge in [0.05, 0.1) is 19.2 Å². The molecule has 0 aliphatic carbocycles. The van der Waals surface area contributed by atoms with Gasteiger partial charge in [-0.3, -0.25) is 28.9 Å². The van der Waals surface area contributed by atoms with Crippen LogP contribution in [-0.2, 0) is 41.6 Å². The first-order valence-electron chi connectivity index (χ1n) is 19.9. The Bertz CT molecular complexity index is 1570. The third kappa shape index (κ3) is 14.6. The number of hydrogen-bond donors (Lipinski definition) is 5. The van der Waals surface area contributed by atoms with Gasteiger partial charge in [0, 0.05) is 6.42 Å². The second-order valence-corrected chi connectivity index (χ2v) is 20.8. The molecule has 0 aromatic heterocycles. The molecular formula is C42H63N5O7Si. The molecule has 12 nitrogen and oxygen atoms in total. The van der Waals surface area contributed by atoms with E-state index in [9.17, 15) is 28.8 Å². The van der Waals surface area contributed by atoms with Crippen molar-refractivity contribution in [1.29, 1.82) is 0 Å². The van der Waals surface area contributed by atoms with E-state index in [2.05, 4.69) is 35.1 Å². The summed E-state index contributed by atoms with van der Waals surface area (Å²) in [5.41, 5.74) is 0.900. The van der Waals surface area contributed by atoms with Gasteiger partial charge in [0.1, 0.15) is 23.7 Å². The van der Waals surface area contributed by atoms with Gasteiger partial charge in [0.25, 0.3) is 0 Å². The van der Waals surface area contributed by atoms with Crippen molar-refractivity contribution in [2.24, 2.45) is 11.8 Å². The summed E-state index contributed by atoms with van der Waals surface area (Å²) in [5.74, 6) is -1.68. The van der Waals surface area contributed by atoms with Crippen LogP contribution in [0.5, 0.6) is 0 Å². The molecule has 2 saturated heterocycles. The molecule has 4 amide bonds. The minimum Gasteiger partial charge on any atom is -0.432 e. The van der Waals surface area contributed by atoms with Crippen molar-refractivity contribution in [3.63, 3.8) is 0 Å². The number of nitrogens with one attached hydrogen (secondary N) is 4. The number of rotatable bonds is 21. The summed E-state index contributed by atoms with van der Waals surface area (Å²) in [6.45, 7) is 13.3. The van der Waals surface area contributed by atoms with Crippen molar-refractivity contribution in [1.82, 2.24) is 26.2 Å². The zero-order chi connectivity index (χ0) is 40.2. The molecule has 2 fully saturated rings. The Balaban J connectivity index is 1.51. The second kappa shape index (κ2) is 20.3. The van der Waals surface area contributed by atoms with Crippen LogP contribution < -0.4 is 21.3 Å². The van der Waals surface area contributed by atoms with Crippen molar-refractivity contribution in [3.8, 4) is 0 Å². The number of amides is 4. The van der Waals surface area contributed by atoms with Gasteiger partial charge in [0.2, 0.25) is 23.6 Å². The highest BCUT2D eigenvalue weighted by Gasteiger charge is 2.50. The number of ketones is 1. The maximum Gasteiger partial charge on any atom is 0.243 e. The smallest absolute Gasteiger partial charge is 0.243 e. The van der Waals surface area contributed by atoms with Crippen LogP contribution in [0.25, 0.3) is 0 Å². The van der Waals surface area contributed by atoms with Gasteiger partial charge in [-0.15, -0.1) is 0 Å². The highest BCUT2D eigenvalue weighted by Crippen LogP contribution is 2.29. The molecule has 0 saturated carbocycles. The Morgan fingerprint density at radius 3 is 1.82 bits per heavy atom. The molecule has 0 radical (unpaired) electrons. The van der Waals surface area contributed by atoms with E-state index in [0.29, 0.717) is 69.8 Å². The molecule has 5 atom stereocenters. The third-order valence-electron chi connectivity index (χ3n) is 10.5. The van der Waals surface area contributed by atoms with Crippen molar-refractivity contribution in [2.45, 2.75) is 122 Å². The molecule has 0 bridgehead atoms. The van der Waals surface area contributed by atoms with Crippen molar-refractivity contribution in [2.75, 3.05) is 26.2 Å². The summed E-state index contributed by atoms with van der Waals surface area (Å²) in [6, 6.07) is 16.7. The van der Waals surface area contributed by atoms with Crippen LogP contribution in [0.4, 0.5) is 0 Å². The first-order chi connectivity index (χ1) is 26.0. The monoisotopic (exact) mass is 777 g/mol. The molecule has 2 aliphatic rings. The molecule has 4 rings (SSSR count). The summed E-state index contributed by atoms with van der Waals surface area (Å²) in [6.07, 6.45) is 2.46. The SMILES string of the molecule is CC(C)CC[C@H](NC(=O)[C@H](Cc1ccccc1)NC(=O)[C@H](CC(C)C)NC(=O)[C@H](CCc1ccccc1)NC(=O)CN1CC[Si](C)(O)CC1)C(=O)[C@@]1(C)CO1. The predicted molar refractivity (Wildman–Crippen MR) is 215 cm³/mol. The molecule has 2 heterocycles. The fourth-order valence-electron chi connectivity index (χ4n) is 6.83. The zero-order valence-corrected chi connectivity index (χ0v) is 34.6.